The van der Waals surface area contributed by atoms with Crippen molar-refractivity contribution >= 4 is 63.1 Å². The molecule has 34 heavy (non-hydrogen) atoms. The molecule has 1 amide bonds. The van der Waals surface area contributed by atoms with E-state index in [2.05, 4.69) is 41.6 Å². The summed E-state index contributed by atoms with van der Waals surface area (Å²) in [6.07, 6.45) is 3.70. The van der Waals surface area contributed by atoms with Gasteiger partial charge in [0.1, 0.15) is 22.3 Å². The summed E-state index contributed by atoms with van der Waals surface area (Å²) in [5, 5.41) is 7.21. The molecule has 0 aliphatic carbocycles. The largest absolute Gasteiger partial charge is 0.354 e. The van der Waals surface area contributed by atoms with Crippen molar-refractivity contribution in [2.45, 2.75) is 13.8 Å². The van der Waals surface area contributed by atoms with Crippen LogP contribution in [0.4, 0.5) is 22.5 Å². The van der Waals surface area contributed by atoms with Gasteiger partial charge in [-0.2, -0.15) is 11.8 Å². The molecule has 0 spiro atoms. The van der Waals surface area contributed by atoms with E-state index < -0.39 is 0 Å². The van der Waals surface area contributed by atoms with Crippen LogP contribution in [0, 0.1) is 13.8 Å². The number of para-hydroxylation sites is 1. The van der Waals surface area contributed by atoms with Gasteiger partial charge in [0, 0.05) is 44.5 Å². The lowest BCUT2D eigenvalue weighted by Crippen LogP contribution is -2.47. The van der Waals surface area contributed by atoms with Gasteiger partial charge in [0.2, 0.25) is 0 Å². The Bertz CT molecular complexity index is 1130. The molecule has 3 aromatic rings. The molecule has 3 heterocycles. The predicted molar refractivity (Wildman–Crippen MR) is 143 cm³/mol. The first-order chi connectivity index (χ1) is 16.4. The number of anilines is 4. The van der Waals surface area contributed by atoms with Crippen LogP contribution in [0.5, 0.6) is 0 Å². The molecular formula is C23H28ClN7OS2. The molecule has 4 rings (SSSR count). The molecule has 8 nitrogen and oxygen atoms in total. The highest BCUT2D eigenvalue weighted by Crippen LogP contribution is 2.28. The number of rotatable bonds is 8. The lowest BCUT2D eigenvalue weighted by molar-refractivity contribution is 0.103. The van der Waals surface area contributed by atoms with E-state index in [4.69, 9.17) is 11.6 Å². The molecule has 0 radical (unpaired) electrons. The topological polar surface area (TPSA) is 86.3 Å². The van der Waals surface area contributed by atoms with E-state index in [0.717, 1.165) is 49.9 Å². The van der Waals surface area contributed by atoms with Crippen LogP contribution in [0.1, 0.15) is 21.1 Å². The fourth-order valence-electron chi connectivity index (χ4n) is 3.71. The van der Waals surface area contributed by atoms with Gasteiger partial charge in [0.15, 0.2) is 5.13 Å². The number of carbonyl (C=O) groups excluding carboxylic acids is 1. The molecule has 11 heteroatoms. The molecule has 0 bridgehead atoms. The standard InChI is InChI=1S/C23H28ClN7OS2/c1-15-5-4-6-17(24)21(15)29-22(32)18-14-25-23(34-18)28-19-13-20(27-16(2)26-19)31-9-7-30(8-10-31)11-12-33-3/h4-6,13-14H,7-12H2,1-3H3,(H,29,32)(H,25,26,27,28). The van der Waals surface area contributed by atoms with Gasteiger partial charge < -0.3 is 15.5 Å². The molecule has 2 N–H and O–H groups in total. The normalized spacial score (nSPS) is 14.3. The number of hydrogen-bond acceptors (Lipinski definition) is 9. The maximum atomic E-state index is 12.7. The van der Waals surface area contributed by atoms with Gasteiger partial charge in [-0.25, -0.2) is 15.0 Å². The first-order valence-electron chi connectivity index (χ1n) is 11.0. The molecule has 1 aliphatic heterocycles. The SMILES string of the molecule is CSCCN1CCN(c2cc(Nc3ncc(C(=O)Nc4c(C)cccc4Cl)s3)nc(C)n2)CC1. The van der Waals surface area contributed by atoms with E-state index >= 15 is 0 Å². The maximum absolute atomic E-state index is 12.7. The third-order valence-electron chi connectivity index (χ3n) is 5.56. The number of nitrogens with one attached hydrogen (secondary N) is 2. The quantitative estimate of drug-likeness (QED) is 0.445. The number of nitrogens with zero attached hydrogens (tertiary/aromatic N) is 5. The number of hydrogen-bond donors (Lipinski definition) is 2. The van der Waals surface area contributed by atoms with Crippen molar-refractivity contribution in [3.05, 3.63) is 51.7 Å². The Balaban J connectivity index is 1.41. The van der Waals surface area contributed by atoms with Crippen LogP contribution in [-0.2, 0) is 0 Å². The summed E-state index contributed by atoms with van der Waals surface area (Å²) in [5.41, 5.74) is 1.51. The predicted octanol–water partition coefficient (Wildman–Crippen LogP) is 4.68. The Labute approximate surface area is 213 Å². The summed E-state index contributed by atoms with van der Waals surface area (Å²) in [4.78, 5) is 31.5. The third-order valence-corrected chi connectivity index (χ3v) is 7.37. The molecule has 0 saturated carbocycles. The highest BCUT2D eigenvalue weighted by molar-refractivity contribution is 7.98. The van der Waals surface area contributed by atoms with Crippen LogP contribution >= 0.6 is 34.7 Å². The van der Waals surface area contributed by atoms with Crippen molar-refractivity contribution in [2.75, 3.05) is 60.3 Å². The number of thioether (sulfide) groups is 1. The monoisotopic (exact) mass is 517 g/mol. The first-order valence-corrected chi connectivity index (χ1v) is 13.6. The van der Waals surface area contributed by atoms with E-state index in [1.807, 2.05) is 43.8 Å². The van der Waals surface area contributed by atoms with Crippen LogP contribution in [0.15, 0.2) is 30.5 Å². The van der Waals surface area contributed by atoms with Crippen molar-refractivity contribution in [3.8, 4) is 0 Å². The van der Waals surface area contributed by atoms with Crippen LogP contribution in [0.25, 0.3) is 0 Å². The smallest absolute Gasteiger partial charge is 0.267 e. The second-order valence-corrected chi connectivity index (χ2v) is 10.4. The number of piperazine rings is 1. The summed E-state index contributed by atoms with van der Waals surface area (Å²) in [5.74, 6) is 3.17. The number of aromatic nitrogens is 3. The Morgan fingerprint density at radius 3 is 2.74 bits per heavy atom. The van der Waals surface area contributed by atoms with Crippen molar-refractivity contribution in [1.29, 1.82) is 0 Å². The molecule has 0 unspecified atom stereocenters. The van der Waals surface area contributed by atoms with Gasteiger partial charge in [-0.15, -0.1) is 0 Å². The van der Waals surface area contributed by atoms with Gasteiger partial charge in [0.05, 0.1) is 16.9 Å². The van der Waals surface area contributed by atoms with Gasteiger partial charge in [-0.1, -0.05) is 35.1 Å². The average Bonchev–Trinajstić information content (AvgIpc) is 3.28. The summed E-state index contributed by atoms with van der Waals surface area (Å²) in [7, 11) is 0. The Morgan fingerprint density at radius 1 is 1.21 bits per heavy atom. The molecular weight excluding hydrogens is 490 g/mol. The molecule has 1 fully saturated rings. The fourth-order valence-corrected chi connectivity index (χ4v) is 5.14. The second-order valence-electron chi connectivity index (χ2n) is 8.02. The summed E-state index contributed by atoms with van der Waals surface area (Å²) >= 11 is 9.38. The average molecular weight is 518 g/mol. The first kappa shape index (κ1) is 24.7. The van der Waals surface area contributed by atoms with Crippen molar-refractivity contribution in [1.82, 2.24) is 19.9 Å². The van der Waals surface area contributed by atoms with Crippen LogP contribution in [-0.4, -0.2) is 70.5 Å². The molecule has 2 aromatic heterocycles. The highest BCUT2D eigenvalue weighted by Gasteiger charge is 2.19. The van der Waals surface area contributed by atoms with E-state index in [0.29, 0.717) is 32.4 Å². The summed E-state index contributed by atoms with van der Waals surface area (Å²) in [6, 6.07) is 7.45. The number of thiazole rings is 1. The second kappa shape index (κ2) is 11.4. The molecule has 180 valence electrons. The van der Waals surface area contributed by atoms with Crippen LogP contribution in [0.3, 0.4) is 0 Å². The zero-order chi connectivity index (χ0) is 24.1. The lowest BCUT2D eigenvalue weighted by Gasteiger charge is -2.35. The van der Waals surface area contributed by atoms with Crippen LogP contribution < -0.4 is 15.5 Å². The Kier molecular flexibility index (Phi) is 8.25. The van der Waals surface area contributed by atoms with Crippen molar-refractivity contribution in [3.63, 3.8) is 0 Å². The minimum Gasteiger partial charge on any atom is -0.354 e. The van der Waals surface area contributed by atoms with E-state index in [9.17, 15) is 4.79 Å². The van der Waals surface area contributed by atoms with Crippen molar-refractivity contribution in [2.24, 2.45) is 0 Å². The van der Waals surface area contributed by atoms with Crippen molar-refractivity contribution < 1.29 is 4.79 Å². The maximum Gasteiger partial charge on any atom is 0.267 e. The Morgan fingerprint density at radius 2 is 2.00 bits per heavy atom. The summed E-state index contributed by atoms with van der Waals surface area (Å²) < 4.78 is 0. The molecule has 0 atom stereocenters. The minimum atomic E-state index is -0.249. The highest BCUT2D eigenvalue weighted by atomic mass is 35.5. The van der Waals surface area contributed by atoms with E-state index in [1.54, 1.807) is 12.3 Å². The number of benzene rings is 1. The number of carbonyl (C=O) groups is 1. The van der Waals surface area contributed by atoms with Gasteiger partial charge in [0.25, 0.3) is 5.91 Å². The number of amides is 1. The lowest BCUT2D eigenvalue weighted by atomic mass is 10.2. The van der Waals surface area contributed by atoms with Gasteiger partial charge in [-0.05, 0) is 31.7 Å². The zero-order valence-corrected chi connectivity index (χ0v) is 21.9. The minimum absolute atomic E-state index is 0.249. The van der Waals surface area contributed by atoms with Crippen LogP contribution in [0.2, 0.25) is 5.02 Å². The molecule has 1 aliphatic rings. The molecule has 1 saturated heterocycles. The van der Waals surface area contributed by atoms with E-state index in [1.165, 1.54) is 11.3 Å². The van der Waals surface area contributed by atoms with Gasteiger partial charge >= 0.3 is 0 Å². The van der Waals surface area contributed by atoms with E-state index in [-0.39, 0.29) is 5.91 Å². The summed E-state index contributed by atoms with van der Waals surface area (Å²) in [6.45, 7) is 8.85. The number of aryl methyl sites for hydroxylation is 2. The fraction of sp³-hybridized carbons (Fsp3) is 0.391. The van der Waals surface area contributed by atoms with Gasteiger partial charge in [-0.3, -0.25) is 9.69 Å². The third kappa shape index (κ3) is 6.18. The molecule has 1 aromatic carbocycles. The zero-order valence-electron chi connectivity index (χ0n) is 19.5. The Hall–Kier alpha value is -2.40. The number of halogens is 1.